The summed E-state index contributed by atoms with van der Waals surface area (Å²) in [6.45, 7) is 1.88. The summed E-state index contributed by atoms with van der Waals surface area (Å²) in [5.74, 6) is 0.310. The number of phenolic OH excluding ortho intramolecular Hbond substituents is 1. The van der Waals surface area contributed by atoms with Crippen molar-refractivity contribution in [3.05, 3.63) is 59.7 Å². The molecule has 1 saturated carbocycles. The van der Waals surface area contributed by atoms with E-state index < -0.39 is 0 Å². The molecule has 1 aliphatic rings. The monoisotopic (exact) mass is 278 g/mol. The van der Waals surface area contributed by atoms with Crippen molar-refractivity contribution < 1.29 is 5.11 Å². The Labute approximate surface area is 124 Å². The first-order chi connectivity index (χ1) is 10.1. The molecule has 3 rings (SSSR count). The molecule has 1 fully saturated rings. The third-order valence-electron chi connectivity index (χ3n) is 4.30. The fourth-order valence-corrected chi connectivity index (χ4v) is 3.01. The van der Waals surface area contributed by atoms with E-state index in [1.807, 2.05) is 49.4 Å². The number of nitrogens with zero attached hydrogens (tertiary/aromatic N) is 1. The smallest absolute Gasteiger partial charge is 0.118 e. The van der Waals surface area contributed by atoms with E-state index in [1.54, 1.807) is 6.07 Å². The van der Waals surface area contributed by atoms with Gasteiger partial charge in [-0.05, 0) is 49.1 Å². The molecular weight excluding hydrogens is 260 g/mol. The van der Waals surface area contributed by atoms with E-state index in [2.05, 4.69) is 11.4 Å². The second kappa shape index (κ2) is 5.14. The number of nitriles is 1. The Hall–Kier alpha value is -2.47. The van der Waals surface area contributed by atoms with Crippen LogP contribution in [0.25, 0.3) is 0 Å². The Morgan fingerprint density at radius 2 is 1.90 bits per heavy atom. The van der Waals surface area contributed by atoms with Gasteiger partial charge >= 0.3 is 0 Å². The zero-order valence-electron chi connectivity index (χ0n) is 12.0. The van der Waals surface area contributed by atoms with Crippen molar-refractivity contribution in [3.63, 3.8) is 0 Å². The van der Waals surface area contributed by atoms with Crippen LogP contribution in [0.5, 0.6) is 5.75 Å². The summed E-state index contributed by atoms with van der Waals surface area (Å²) in [4.78, 5) is 0. The van der Waals surface area contributed by atoms with Crippen molar-refractivity contribution in [2.45, 2.75) is 31.2 Å². The SMILES string of the molecule is Cc1cc(NC2CC(C#N)(c3ccccc3)C2)ccc1O. The summed E-state index contributed by atoms with van der Waals surface area (Å²) < 4.78 is 0. The first-order valence-electron chi connectivity index (χ1n) is 7.16. The molecule has 1 aliphatic carbocycles. The van der Waals surface area contributed by atoms with Gasteiger partial charge in [-0.25, -0.2) is 0 Å². The molecule has 0 aliphatic heterocycles. The van der Waals surface area contributed by atoms with Gasteiger partial charge in [0.25, 0.3) is 0 Å². The molecule has 3 heteroatoms. The molecule has 0 radical (unpaired) electrons. The fourth-order valence-electron chi connectivity index (χ4n) is 3.01. The van der Waals surface area contributed by atoms with Crippen LogP contribution in [-0.2, 0) is 5.41 Å². The van der Waals surface area contributed by atoms with E-state index in [0.717, 1.165) is 29.7 Å². The third kappa shape index (κ3) is 2.45. The maximum atomic E-state index is 9.55. The number of hydrogen-bond acceptors (Lipinski definition) is 3. The lowest BCUT2D eigenvalue weighted by atomic mass is 9.62. The molecule has 0 unspecified atom stereocenters. The Bertz CT molecular complexity index is 682. The molecule has 0 amide bonds. The van der Waals surface area contributed by atoms with Crippen LogP contribution in [-0.4, -0.2) is 11.1 Å². The van der Waals surface area contributed by atoms with Crippen LogP contribution in [0.1, 0.15) is 24.0 Å². The first-order valence-corrected chi connectivity index (χ1v) is 7.16. The average molecular weight is 278 g/mol. The number of aromatic hydroxyl groups is 1. The van der Waals surface area contributed by atoms with Crippen LogP contribution in [0.2, 0.25) is 0 Å². The van der Waals surface area contributed by atoms with Crippen LogP contribution in [0.3, 0.4) is 0 Å². The van der Waals surface area contributed by atoms with Crippen molar-refractivity contribution in [2.75, 3.05) is 5.32 Å². The van der Waals surface area contributed by atoms with Crippen molar-refractivity contribution in [1.82, 2.24) is 0 Å². The highest BCUT2D eigenvalue weighted by molar-refractivity contribution is 5.52. The van der Waals surface area contributed by atoms with Gasteiger partial charge in [0.15, 0.2) is 0 Å². The first kappa shape index (κ1) is 13.5. The third-order valence-corrected chi connectivity index (χ3v) is 4.30. The quantitative estimate of drug-likeness (QED) is 0.841. The molecule has 0 spiro atoms. The molecule has 3 nitrogen and oxygen atoms in total. The van der Waals surface area contributed by atoms with Gasteiger partial charge in [-0.1, -0.05) is 30.3 Å². The number of rotatable bonds is 3. The molecule has 2 N–H and O–H groups in total. The van der Waals surface area contributed by atoms with E-state index in [9.17, 15) is 10.4 Å². The van der Waals surface area contributed by atoms with Gasteiger partial charge in [-0.15, -0.1) is 0 Å². The normalized spacial score (nSPS) is 23.9. The van der Waals surface area contributed by atoms with Crippen molar-refractivity contribution in [1.29, 1.82) is 5.26 Å². The summed E-state index contributed by atoms with van der Waals surface area (Å²) in [6, 6.07) is 18.3. The van der Waals surface area contributed by atoms with Crippen molar-refractivity contribution >= 4 is 5.69 Å². The molecule has 106 valence electrons. The predicted molar refractivity (Wildman–Crippen MR) is 83.2 cm³/mol. The van der Waals surface area contributed by atoms with E-state index in [0.29, 0.717) is 11.8 Å². The highest BCUT2D eigenvalue weighted by Crippen LogP contribution is 2.44. The van der Waals surface area contributed by atoms with Crippen LogP contribution in [0.4, 0.5) is 5.69 Å². The molecule has 0 heterocycles. The minimum Gasteiger partial charge on any atom is -0.508 e. The number of benzene rings is 2. The van der Waals surface area contributed by atoms with E-state index >= 15 is 0 Å². The number of nitrogens with one attached hydrogen (secondary N) is 1. The summed E-state index contributed by atoms with van der Waals surface area (Å²) in [7, 11) is 0. The Morgan fingerprint density at radius 1 is 1.19 bits per heavy atom. The zero-order valence-corrected chi connectivity index (χ0v) is 12.0. The summed E-state index contributed by atoms with van der Waals surface area (Å²) in [6.07, 6.45) is 1.63. The van der Waals surface area contributed by atoms with E-state index in [1.165, 1.54) is 0 Å². The second-order valence-corrected chi connectivity index (χ2v) is 5.81. The maximum absolute atomic E-state index is 9.55. The van der Waals surface area contributed by atoms with Gasteiger partial charge in [0, 0.05) is 11.7 Å². The highest BCUT2D eigenvalue weighted by atomic mass is 16.3. The van der Waals surface area contributed by atoms with Gasteiger partial charge in [0.05, 0.1) is 11.5 Å². The van der Waals surface area contributed by atoms with Crippen LogP contribution >= 0.6 is 0 Å². The fraction of sp³-hybridized carbons (Fsp3) is 0.278. The standard InChI is InChI=1S/C18H18N2O/c1-13-9-15(7-8-17(13)21)20-16-10-18(11-16,12-19)14-5-3-2-4-6-14/h2-9,16,20-21H,10-11H2,1H3. The largest absolute Gasteiger partial charge is 0.508 e. The molecule has 2 aromatic carbocycles. The van der Waals surface area contributed by atoms with Gasteiger partial charge in [-0.3, -0.25) is 0 Å². The van der Waals surface area contributed by atoms with Crippen molar-refractivity contribution in [2.24, 2.45) is 0 Å². The second-order valence-electron chi connectivity index (χ2n) is 5.81. The predicted octanol–water partition coefficient (Wildman–Crippen LogP) is 3.74. The van der Waals surface area contributed by atoms with Gasteiger partial charge in [0.2, 0.25) is 0 Å². The zero-order chi connectivity index (χ0) is 14.9. The minimum atomic E-state index is -0.356. The van der Waals surface area contributed by atoms with E-state index in [4.69, 9.17) is 0 Å². The van der Waals surface area contributed by atoms with Crippen LogP contribution in [0, 0.1) is 18.3 Å². The molecule has 2 aromatic rings. The van der Waals surface area contributed by atoms with E-state index in [-0.39, 0.29) is 5.41 Å². The topological polar surface area (TPSA) is 56.0 Å². The highest BCUT2D eigenvalue weighted by Gasteiger charge is 2.46. The summed E-state index contributed by atoms with van der Waals surface area (Å²) in [5.41, 5.74) is 2.60. The minimum absolute atomic E-state index is 0.300. The van der Waals surface area contributed by atoms with Crippen molar-refractivity contribution in [3.8, 4) is 11.8 Å². The molecule has 0 aromatic heterocycles. The lowest BCUT2D eigenvalue weighted by Crippen LogP contribution is -2.47. The Balaban J connectivity index is 1.70. The Kier molecular flexibility index (Phi) is 3.31. The molecule has 0 saturated heterocycles. The maximum Gasteiger partial charge on any atom is 0.118 e. The number of anilines is 1. The number of aryl methyl sites for hydroxylation is 1. The van der Waals surface area contributed by atoms with Gasteiger partial charge in [-0.2, -0.15) is 5.26 Å². The average Bonchev–Trinajstić information content (AvgIpc) is 2.47. The summed E-state index contributed by atoms with van der Waals surface area (Å²) >= 11 is 0. The van der Waals surface area contributed by atoms with Crippen LogP contribution in [0.15, 0.2) is 48.5 Å². The number of hydrogen-bond donors (Lipinski definition) is 2. The van der Waals surface area contributed by atoms with Gasteiger partial charge < -0.3 is 10.4 Å². The Morgan fingerprint density at radius 3 is 2.52 bits per heavy atom. The summed E-state index contributed by atoms with van der Waals surface area (Å²) in [5, 5.41) is 22.5. The molecular formula is C18H18N2O. The lowest BCUT2D eigenvalue weighted by molar-refractivity contribution is 0.289. The van der Waals surface area contributed by atoms with Gasteiger partial charge in [0.1, 0.15) is 5.75 Å². The molecule has 0 bridgehead atoms. The molecule has 21 heavy (non-hydrogen) atoms. The number of phenols is 1. The lowest BCUT2D eigenvalue weighted by Gasteiger charge is -2.43. The van der Waals surface area contributed by atoms with Crippen LogP contribution < -0.4 is 5.32 Å². The molecule has 0 atom stereocenters.